The van der Waals surface area contributed by atoms with Gasteiger partial charge in [0, 0.05) is 12.1 Å². The van der Waals surface area contributed by atoms with Crippen molar-refractivity contribution in [1.82, 2.24) is 20.0 Å². The Hall–Kier alpha value is -3.85. The highest BCUT2D eigenvalue weighted by molar-refractivity contribution is 7.13. The molecule has 0 radical (unpaired) electrons. The maximum atomic E-state index is 14.5. The first-order chi connectivity index (χ1) is 16.8. The van der Waals surface area contributed by atoms with Gasteiger partial charge in [0.15, 0.2) is 0 Å². The molecule has 35 heavy (non-hydrogen) atoms. The molecular weight excluding hydrogens is 470 g/mol. The number of nitrogens with one attached hydrogen (secondary N) is 1. The quantitative estimate of drug-likeness (QED) is 0.427. The van der Waals surface area contributed by atoms with Gasteiger partial charge in [-0.1, -0.05) is 36.4 Å². The molecule has 2 aromatic heterocycles. The molecule has 0 aliphatic carbocycles. The summed E-state index contributed by atoms with van der Waals surface area (Å²) in [5.41, 5.74) is 0.667. The van der Waals surface area contributed by atoms with Gasteiger partial charge in [-0.05, 0) is 48.2 Å². The van der Waals surface area contributed by atoms with Crippen LogP contribution in [-0.4, -0.2) is 32.0 Å². The van der Waals surface area contributed by atoms with Crippen LogP contribution >= 0.6 is 11.3 Å². The summed E-state index contributed by atoms with van der Waals surface area (Å²) in [5, 5.41) is 9.37. The Morgan fingerprint density at radius 1 is 1.11 bits per heavy atom. The summed E-state index contributed by atoms with van der Waals surface area (Å²) in [4.78, 5) is 29.5. The maximum Gasteiger partial charge on any atom is 0.273 e. The van der Waals surface area contributed by atoms with Crippen LogP contribution < -0.4 is 5.32 Å². The lowest BCUT2D eigenvalue weighted by molar-refractivity contribution is -0.133. The summed E-state index contributed by atoms with van der Waals surface area (Å²) in [6.07, 6.45) is 0. The van der Waals surface area contributed by atoms with Gasteiger partial charge in [-0.2, -0.15) is 5.10 Å². The van der Waals surface area contributed by atoms with Crippen molar-refractivity contribution in [2.75, 3.05) is 0 Å². The fraction of sp³-hybridized carbons (Fsp3) is 0.192. The predicted octanol–water partition coefficient (Wildman–Crippen LogP) is 4.62. The molecule has 0 saturated heterocycles. The van der Waals surface area contributed by atoms with Gasteiger partial charge in [0.1, 0.15) is 28.6 Å². The van der Waals surface area contributed by atoms with E-state index >= 15 is 0 Å². The fourth-order valence-electron chi connectivity index (χ4n) is 4.21. The Labute approximate surface area is 204 Å². The number of carbonyl (C=O) groups is 2. The maximum absolute atomic E-state index is 14.5. The van der Waals surface area contributed by atoms with Crippen LogP contribution in [0.1, 0.15) is 28.5 Å². The Morgan fingerprint density at radius 2 is 1.89 bits per heavy atom. The van der Waals surface area contributed by atoms with E-state index in [0.717, 1.165) is 4.88 Å². The second-order valence-corrected chi connectivity index (χ2v) is 9.56. The van der Waals surface area contributed by atoms with E-state index < -0.39 is 23.2 Å². The van der Waals surface area contributed by atoms with Crippen LogP contribution in [-0.2, 0) is 24.4 Å². The van der Waals surface area contributed by atoms with E-state index in [9.17, 15) is 18.4 Å². The number of halogens is 2. The molecule has 2 aromatic carbocycles. The van der Waals surface area contributed by atoms with Crippen molar-refractivity contribution in [3.05, 3.63) is 101 Å². The van der Waals surface area contributed by atoms with E-state index in [2.05, 4.69) is 10.4 Å². The van der Waals surface area contributed by atoms with Gasteiger partial charge in [-0.25, -0.2) is 8.78 Å². The molecule has 1 aliphatic rings. The van der Waals surface area contributed by atoms with Gasteiger partial charge in [0.05, 0.1) is 18.0 Å². The summed E-state index contributed by atoms with van der Waals surface area (Å²) in [7, 11) is 0. The second-order valence-electron chi connectivity index (χ2n) is 8.62. The van der Waals surface area contributed by atoms with Gasteiger partial charge in [-0.15, -0.1) is 11.3 Å². The molecule has 1 N–H and O–H groups in total. The fourth-order valence-corrected chi connectivity index (χ4v) is 4.89. The summed E-state index contributed by atoms with van der Waals surface area (Å²) < 4.78 is 29.3. The zero-order chi connectivity index (χ0) is 24.6. The van der Waals surface area contributed by atoms with Gasteiger partial charge < -0.3 is 10.2 Å². The highest BCUT2D eigenvalue weighted by Gasteiger charge is 2.48. The summed E-state index contributed by atoms with van der Waals surface area (Å²) >= 11 is 1.50. The number of aromatic nitrogens is 2. The summed E-state index contributed by atoms with van der Waals surface area (Å²) in [6, 6.07) is 17.5. The van der Waals surface area contributed by atoms with Crippen LogP contribution in [0, 0.1) is 11.6 Å². The van der Waals surface area contributed by atoms with E-state index in [4.69, 9.17) is 0 Å². The van der Waals surface area contributed by atoms with Gasteiger partial charge in [0.2, 0.25) is 5.91 Å². The lowest BCUT2D eigenvalue weighted by atomic mass is 9.94. The zero-order valence-corrected chi connectivity index (χ0v) is 19.7. The molecule has 2 amide bonds. The number of benzene rings is 2. The first-order valence-corrected chi connectivity index (χ1v) is 11.9. The molecule has 9 heteroatoms. The number of amides is 2. The van der Waals surface area contributed by atoms with E-state index in [-0.39, 0.29) is 25.5 Å². The third kappa shape index (κ3) is 4.35. The number of rotatable bonds is 6. The lowest BCUT2D eigenvalue weighted by Crippen LogP contribution is -2.63. The SMILES string of the molecule is C[C@@]1(C(=O)NCc2ccc(F)cc2)Cn2nc(-c3cccs3)cc2C(=O)N1Cc1ccccc1F. The largest absolute Gasteiger partial charge is 0.350 e. The molecule has 0 spiro atoms. The van der Waals surface area contributed by atoms with Crippen LogP contribution in [0.5, 0.6) is 0 Å². The van der Waals surface area contributed by atoms with Crippen LogP contribution in [0.4, 0.5) is 8.78 Å². The first kappa shape index (κ1) is 22.9. The van der Waals surface area contributed by atoms with Crippen LogP contribution in [0.3, 0.4) is 0 Å². The third-order valence-corrected chi connectivity index (χ3v) is 7.11. The normalized spacial score (nSPS) is 17.3. The predicted molar refractivity (Wildman–Crippen MR) is 128 cm³/mol. The van der Waals surface area contributed by atoms with Crippen LogP contribution in [0.2, 0.25) is 0 Å². The average Bonchev–Trinajstić information content (AvgIpc) is 3.52. The number of hydrogen-bond donors (Lipinski definition) is 1. The number of nitrogens with zero attached hydrogens (tertiary/aromatic N) is 3. The Kier molecular flexibility index (Phi) is 5.94. The number of carbonyl (C=O) groups excluding carboxylic acids is 2. The molecule has 3 heterocycles. The zero-order valence-electron chi connectivity index (χ0n) is 18.9. The average molecular weight is 493 g/mol. The minimum Gasteiger partial charge on any atom is -0.350 e. The molecular formula is C26H22F2N4O2S. The smallest absolute Gasteiger partial charge is 0.273 e. The Balaban J connectivity index is 1.49. The van der Waals surface area contributed by atoms with Gasteiger partial charge >= 0.3 is 0 Å². The van der Waals surface area contributed by atoms with Crippen molar-refractivity contribution in [2.24, 2.45) is 0 Å². The van der Waals surface area contributed by atoms with Gasteiger partial charge in [0.25, 0.3) is 5.91 Å². The van der Waals surface area contributed by atoms with Crippen molar-refractivity contribution in [1.29, 1.82) is 0 Å². The third-order valence-electron chi connectivity index (χ3n) is 6.21. The molecule has 0 unspecified atom stereocenters. The van der Waals surface area contributed by atoms with Crippen molar-refractivity contribution >= 4 is 23.2 Å². The number of thiophene rings is 1. The van der Waals surface area contributed by atoms with E-state index in [1.807, 2.05) is 17.5 Å². The standard InChI is InChI=1S/C26H22F2N4O2S/c1-26(25(34)29-14-17-8-10-19(27)11-9-17)16-32-22(13-21(30-32)23-7-4-12-35-23)24(33)31(26)15-18-5-2-3-6-20(18)28/h2-13H,14-16H2,1H3,(H,29,34)/t26-/m0/s1. The van der Waals surface area contributed by atoms with Crippen molar-refractivity contribution < 1.29 is 18.4 Å². The number of hydrogen-bond acceptors (Lipinski definition) is 4. The molecule has 178 valence electrons. The molecule has 0 bridgehead atoms. The van der Waals surface area contributed by atoms with Crippen LogP contribution in [0.25, 0.3) is 10.6 Å². The monoisotopic (exact) mass is 492 g/mol. The van der Waals surface area contributed by atoms with Gasteiger partial charge in [-0.3, -0.25) is 14.3 Å². The molecule has 1 aliphatic heterocycles. The van der Waals surface area contributed by atoms with E-state index in [1.165, 1.54) is 34.4 Å². The molecule has 1 atom stereocenters. The molecule has 6 nitrogen and oxygen atoms in total. The highest BCUT2D eigenvalue weighted by Crippen LogP contribution is 2.33. The second kappa shape index (κ2) is 9.07. The molecule has 5 rings (SSSR count). The molecule has 0 saturated carbocycles. The first-order valence-electron chi connectivity index (χ1n) is 11.0. The lowest BCUT2D eigenvalue weighted by Gasteiger charge is -2.43. The van der Waals surface area contributed by atoms with E-state index in [0.29, 0.717) is 22.5 Å². The topological polar surface area (TPSA) is 67.2 Å². The minimum absolute atomic E-state index is 0.0779. The highest BCUT2D eigenvalue weighted by atomic mass is 32.1. The molecule has 0 fully saturated rings. The van der Waals surface area contributed by atoms with Crippen molar-refractivity contribution in [3.8, 4) is 10.6 Å². The summed E-state index contributed by atoms with van der Waals surface area (Å²) in [6.45, 7) is 1.83. The minimum atomic E-state index is -1.34. The van der Waals surface area contributed by atoms with Crippen molar-refractivity contribution in [2.45, 2.75) is 32.1 Å². The Morgan fingerprint density at radius 3 is 2.60 bits per heavy atom. The Bertz CT molecular complexity index is 1380. The molecule has 4 aromatic rings. The number of fused-ring (bicyclic) bond motifs is 1. The van der Waals surface area contributed by atoms with Crippen LogP contribution in [0.15, 0.2) is 72.1 Å². The van der Waals surface area contributed by atoms with Crippen molar-refractivity contribution in [3.63, 3.8) is 0 Å². The van der Waals surface area contributed by atoms with E-state index in [1.54, 1.807) is 48.0 Å². The summed E-state index contributed by atoms with van der Waals surface area (Å²) in [5.74, 6) is -1.64.